The number of pyridine rings is 1. The molecule has 0 aliphatic carbocycles. The molecule has 2 nitrogen and oxygen atoms in total. The Bertz CT molecular complexity index is 569. The third-order valence-corrected chi connectivity index (χ3v) is 4.47. The van der Waals surface area contributed by atoms with Gasteiger partial charge in [0.2, 0.25) is 0 Å². The molecule has 0 fully saturated rings. The summed E-state index contributed by atoms with van der Waals surface area (Å²) in [7, 11) is 0. The molecule has 0 amide bonds. The van der Waals surface area contributed by atoms with E-state index in [1.807, 2.05) is 6.07 Å². The number of aryl methyl sites for hydroxylation is 1. The highest BCUT2D eigenvalue weighted by molar-refractivity contribution is 9.10. The molecule has 1 aromatic carbocycles. The highest BCUT2D eigenvalue weighted by Crippen LogP contribution is 2.27. The lowest BCUT2D eigenvalue weighted by molar-refractivity contribution is 0.748. The highest BCUT2D eigenvalue weighted by atomic mass is 79.9. The summed E-state index contributed by atoms with van der Waals surface area (Å²) in [4.78, 5) is 4.14. The van der Waals surface area contributed by atoms with Crippen molar-refractivity contribution in [3.05, 3.63) is 57.3 Å². The molecular formula is C16H18BrClN2. The van der Waals surface area contributed by atoms with Crippen LogP contribution in [0.2, 0.25) is 5.15 Å². The molecule has 0 bridgehead atoms. The van der Waals surface area contributed by atoms with E-state index in [1.54, 1.807) is 6.20 Å². The first-order valence-electron chi connectivity index (χ1n) is 6.80. The third kappa shape index (κ3) is 3.74. The lowest BCUT2D eigenvalue weighted by Crippen LogP contribution is -2.10. The molecule has 1 aromatic heterocycles. The summed E-state index contributed by atoms with van der Waals surface area (Å²) in [5, 5.41) is 3.98. The molecule has 1 unspecified atom stereocenters. The Balaban J connectivity index is 2.16. The summed E-state index contributed by atoms with van der Waals surface area (Å²) in [5.41, 5.74) is 3.61. The van der Waals surface area contributed by atoms with Crippen LogP contribution in [0.25, 0.3) is 0 Å². The van der Waals surface area contributed by atoms with E-state index >= 15 is 0 Å². The van der Waals surface area contributed by atoms with Crippen molar-refractivity contribution in [2.75, 3.05) is 5.32 Å². The van der Waals surface area contributed by atoms with Crippen molar-refractivity contribution < 1.29 is 0 Å². The molecule has 0 radical (unpaired) electrons. The number of hydrogen-bond donors (Lipinski definition) is 1. The number of nitrogens with zero attached hydrogens (tertiary/aromatic N) is 1. The van der Waals surface area contributed by atoms with Crippen molar-refractivity contribution in [2.45, 2.75) is 32.7 Å². The van der Waals surface area contributed by atoms with Crippen LogP contribution in [0.1, 0.15) is 37.4 Å². The lowest BCUT2D eigenvalue weighted by atomic mass is 10.0. The Hall–Kier alpha value is -1.06. The molecule has 2 rings (SSSR count). The first kappa shape index (κ1) is 15.3. The second-order valence-corrected chi connectivity index (χ2v) is 5.91. The average molecular weight is 354 g/mol. The largest absolute Gasteiger partial charge is 0.377 e. The minimum absolute atomic E-state index is 0.274. The van der Waals surface area contributed by atoms with Gasteiger partial charge in [0.05, 0.1) is 22.4 Å². The van der Waals surface area contributed by atoms with Crippen LogP contribution in [-0.2, 0) is 6.42 Å². The zero-order valence-electron chi connectivity index (χ0n) is 11.7. The molecular weight excluding hydrogens is 336 g/mol. The Morgan fingerprint density at radius 3 is 2.50 bits per heavy atom. The fourth-order valence-electron chi connectivity index (χ4n) is 2.11. The average Bonchev–Trinajstić information content (AvgIpc) is 2.48. The van der Waals surface area contributed by atoms with Crippen molar-refractivity contribution >= 4 is 33.2 Å². The van der Waals surface area contributed by atoms with E-state index in [9.17, 15) is 0 Å². The fourth-order valence-corrected chi connectivity index (χ4v) is 2.56. The zero-order valence-corrected chi connectivity index (χ0v) is 14.0. The molecule has 0 saturated carbocycles. The van der Waals surface area contributed by atoms with Crippen molar-refractivity contribution in [2.24, 2.45) is 0 Å². The maximum Gasteiger partial charge on any atom is 0.143 e. The van der Waals surface area contributed by atoms with Gasteiger partial charge in [-0.25, -0.2) is 4.98 Å². The minimum Gasteiger partial charge on any atom is -0.377 e. The normalized spacial score (nSPS) is 12.2. The Morgan fingerprint density at radius 1 is 1.25 bits per heavy atom. The molecule has 106 valence electrons. The minimum atomic E-state index is 0.274. The summed E-state index contributed by atoms with van der Waals surface area (Å²) in [6.45, 7) is 4.34. The number of aromatic nitrogens is 1. The van der Waals surface area contributed by atoms with Crippen molar-refractivity contribution in [3.63, 3.8) is 0 Å². The first-order valence-corrected chi connectivity index (χ1v) is 7.97. The molecule has 1 heterocycles. The van der Waals surface area contributed by atoms with Crippen LogP contribution in [0.15, 0.2) is 41.0 Å². The fraction of sp³-hybridized carbons (Fsp3) is 0.312. The summed E-state index contributed by atoms with van der Waals surface area (Å²) in [6, 6.07) is 11.0. The zero-order chi connectivity index (χ0) is 14.5. The van der Waals surface area contributed by atoms with Crippen LogP contribution < -0.4 is 5.32 Å². The maximum atomic E-state index is 5.92. The maximum absolute atomic E-state index is 5.92. The van der Waals surface area contributed by atoms with Gasteiger partial charge in [0.25, 0.3) is 0 Å². The van der Waals surface area contributed by atoms with Crippen molar-refractivity contribution in [1.82, 2.24) is 4.98 Å². The number of halogens is 2. The molecule has 4 heteroatoms. The van der Waals surface area contributed by atoms with Crippen molar-refractivity contribution in [1.29, 1.82) is 0 Å². The summed E-state index contributed by atoms with van der Waals surface area (Å²) in [6.07, 6.45) is 3.83. The second kappa shape index (κ2) is 7.09. The Kier molecular flexibility index (Phi) is 5.44. The number of rotatable bonds is 5. The topological polar surface area (TPSA) is 24.9 Å². The van der Waals surface area contributed by atoms with E-state index in [-0.39, 0.29) is 6.04 Å². The van der Waals surface area contributed by atoms with E-state index in [0.29, 0.717) is 5.15 Å². The molecule has 0 aliphatic heterocycles. The predicted octanol–water partition coefficient (Wildman–Crippen LogP) is 5.62. The number of anilines is 1. The van der Waals surface area contributed by atoms with Gasteiger partial charge in [-0.1, -0.05) is 49.7 Å². The lowest BCUT2D eigenvalue weighted by Gasteiger charge is -2.19. The smallest absolute Gasteiger partial charge is 0.143 e. The molecule has 0 saturated heterocycles. The van der Waals surface area contributed by atoms with E-state index in [0.717, 1.165) is 23.0 Å². The highest BCUT2D eigenvalue weighted by Gasteiger charge is 2.10. The van der Waals surface area contributed by atoms with Gasteiger partial charge in [-0.05, 0) is 46.0 Å². The van der Waals surface area contributed by atoms with E-state index < -0.39 is 0 Å². The van der Waals surface area contributed by atoms with Crippen LogP contribution in [-0.4, -0.2) is 4.98 Å². The van der Waals surface area contributed by atoms with Crippen LogP contribution in [0.4, 0.5) is 5.69 Å². The quantitative estimate of drug-likeness (QED) is 0.705. The van der Waals surface area contributed by atoms with Gasteiger partial charge in [0, 0.05) is 0 Å². The van der Waals surface area contributed by atoms with Gasteiger partial charge in [-0.15, -0.1) is 0 Å². The molecule has 2 aromatic rings. The predicted molar refractivity (Wildman–Crippen MR) is 89.4 cm³/mol. The monoisotopic (exact) mass is 352 g/mol. The van der Waals surface area contributed by atoms with Gasteiger partial charge >= 0.3 is 0 Å². The van der Waals surface area contributed by atoms with E-state index in [4.69, 9.17) is 11.6 Å². The molecule has 20 heavy (non-hydrogen) atoms. The molecule has 0 aliphatic rings. The number of benzene rings is 1. The summed E-state index contributed by atoms with van der Waals surface area (Å²) >= 11 is 9.31. The standard InChI is InChI=1S/C16H18BrClN2/c1-3-11-5-7-12(8-6-11)15(4-2)20-13-9-14(17)16(18)19-10-13/h5-10,15,20H,3-4H2,1-2H3. The van der Waals surface area contributed by atoms with Gasteiger partial charge in [0.15, 0.2) is 0 Å². The number of nitrogens with one attached hydrogen (secondary N) is 1. The molecule has 0 spiro atoms. The SMILES string of the molecule is CCc1ccc(C(CC)Nc2cnc(Cl)c(Br)c2)cc1. The third-order valence-electron chi connectivity index (χ3n) is 3.34. The molecule has 1 N–H and O–H groups in total. The Morgan fingerprint density at radius 2 is 1.95 bits per heavy atom. The van der Waals surface area contributed by atoms with Crippen LogP contribution in [0.5, 0.6) is 0 Å². The van der Waals surface area contributed by atoms with Gasteiger partial charge < -0.3 is 5.32 Å². The Labute approximate surface area is 133 Å². The first-order chi connectivity index (χ1) is 9.63. The van der Waals surface area contributed by atoms with Crippen molar-refractivity contribution in [3.8, 4) is 0 Å². The van der Waals surface area contributed by atoms with E-state index in [2.05, 4.69) is 64.3 Å². The molecule has 1 atom stereocenters. The van der Waals surface area contributed by atoms with Crippen LogP contribution in [0.3, 0.4) is 0 Å². The van der Waals surface area contributed by atoms with Crippen LogP contribution in [0, 0.1) is 0 Å². The van der Waals surface area contributed by atoms with Gasteiger partial charge in [0.1, 0.15) is 5.15 Å². The second-order valence-electron chi connectivity index (χ2n) is 4.70. The summed E-state index contributed by atoms with van der Waals surface area (Å²) in [5.74, 6) is 0. The van der Waals surface area contributed by atoms with Gasteiger partial charge in [-0.2, -0.15) is 0 Å². The van der Waals surface area contributed by atoms with E-state index in [1.165, 1.54) is 11.1 Å². The van der Waals surface area contributed by atoms with Crippen LogP contribution >= 0.6 is 27.5 Å². The number of hydrogen-bond acceptors (Lipinski definition) is 2. The summed E-state index contributed by atoms with van der Waals surface area (Å²) < 4.78 is 0.806. The van der Waals surface area contributed by atoms with Gasteiger partial charge in [-0.3, -0.25) is 0 Å².